The van der Waals surface area contributed by atoms with Crippen LogP contribution in [0.15, 0.2) is 29.2 Å². The first kappa shape index (κ1) is 16.9. The smallest absolute Gasteiger partial charge is 0.264 e. The van der Waals surface area contributed by atoms with E-state index in [4.69, 9.17) is 9.47 Å². The molecule has 1 amide bonds. The van der Waals surface area contributed by atoms with Gasteiger partial charge in [-0.3, -0.25) is 4.79 Å². The largest absolute Gasteiger partial charge is 0.376 e. The predicted molar refractivity (Wildman–Crippen MR) is 80.9 cm³/mol. The Kier molecular flexibility index (Phi) is 5.55. The number of nitrogens with one attached hydrogen (secondary N) is 1. The van der Waals surface area contributed by atoms with Crippen molar-refractivity contribution in [1.82, 2.24) is 4.72 Å². The molecule has 0 spiro atoms. The van der Waals surface area contributed by atoms with E-state index in [-0.39, 0.29) is 11.0 Å². The van der Waals surface area contributed by atoms with Gasteiger partial charge in [-0.1, -0.05) is 12.1 Å². The number of aryl methyl sites for hydroxylation is 1. The van der Waals surface area contributed by atoms with Crippen molar-refractivity contribution >= 4 is 15.9 Å². The monoisotopic (exact) mass is 327 g/mol. The van der Waals surface area contributed by atoms with Crippen molar-refractivity contribution in [2.24, 2.45) is 0 Å². The first-order valence-electron chi connectivity index (χ1n) is 7.25. The minimum absolute atomic E-state index is 0.0105. The van der Waals surface area contributed by atoms with E-state index in [1.807, 2.05) is 4.72 Å². The first-order valence-corrected chi connectivity index (χ1v) is 8.73. The molecule has 1 aliphatic heterocycles. The lowest BCUT2D eigenvalue weighted by molar-refractivity contribution is -0.131. The van der Waals surface area contributed by atoms with E-state index in [2.05, 4.69) is 0 Å². The first-order chi connectivity index (χ1) is 10.4. The Bertz CT molecular complexity index is 623. The summed E-state index contributed by atoms with van der Waals surface area (Å²) in [6.07, 6.45) is 1.01. The fourth-order valence-electron chi connectivity index (χ4n) is 2.16. The lowest BCUT2D eigenvalue weighted by Gasteiger charge is -2.16. The number of benzene rings is 1. The second kappa shape index (κ2) is 7.21. The number of carbonyl (C=O) groups excluding carboxylic acids is 1. The maximum Gasteiger partial charge on any atom is 0.264 e. The summed E-state index contributed by atoms with van der Waals surface area (Å²) < 4.78 is 37.1. The van der Waals surface area contributed by atoms with Crippen LogP contribution in [0.3, 0.4) is 0 Å². The summed E-state index contributed by atoms with van der Waals surface area (Å²) in [4.78, 5) is 12.0. The Balaban J connectivity index is 1.92. The van der Waals surface area contributed by atoms with E-state index in [1.165, 1.54) is 19.1 Å². The quantitative estimate of drug-likeness (QED) is 0.854. The maximum absolute atomic E-state index is 12.1. The van der Waals surface area contributed by atoms with Crippen LogP contribution in [-0.2, 0) is 24.3 Å². The highest BCUT2D eigenvalue weighted by Gasteiger charge is 2.24. The number of sulfonamides is 1. The molecule has 1 aromatic carbocycles. The molecule has 1 saturated heterocycles. The second-order valence-electron chi connectivity index (χ2n) is 5.40. The van der Waals surface area contributed by atoms with Crippen LogP contribution >= 0.6 is 0 Å². The lowest BCUT2D eigenvalue weighted by atomic mass is 10.2. The third kappa shape index (κ3) is 4.53. The van der Waals surface area contributed by atoms with Gasteiger partial charge >= 0.3 is 0 Å². The van der Waals surface area contributed by atoms with E-state index < -0.39 is 22.0 Å². The van der Waals surface area contributed by atoms with Crippen molar-refractivity contribution in [2.45, 2.75) is 43.8 Å². The molecular weight excluding hydrogens is 306 g/mol. The van der Waals surface area contributed by atoms with Crippen molar-refractivity contribution in [3.63, 3.8) is 0 Å². The molecule has 6 nitrogen and oxygen atoms in total. The van der Waals surface area contributed by atoms with Gasteiger partial charge in [-0.15, -0.1) is 0 Å². The van der Waals surface area contributed by atoms with Gasteiger partial charge in [0.05, 0.1) is 17.6 Å². The third-order valence-electron chi connectivity index (χ3n) is 3.46. The molecule has 1 fully saturated rings. The molecule has 0 radical (unpaired) electrons. The fraction of sp³-hybridized carbons (Fsp3) is 0.533. The maximum atomic E-state index is 12.1. The Hall–Kier alpha value is -1.44. The highest BCUT2D eigenvalue weighted by Crippen LogP contribution is 2.14. The van der Waals surface area contributed by atoms with Gasteiger partial charge in [0.2, 0.25) is 0 Å². The summed E-state index contributed by atoms with van der Waals surface area (Å²) in [7, 11) is -3.88. The Morgan fingerprint density at radius 1 is 1.50 bits per heavy atom. The fourth-order valence-corrected chi connectivity index (χ4v) is 3.31. The van der Waals surface area contributed by atoms with Gasteiger partial charge in [0, 0.05) is 6.61 Å². The molecule has 122 valence electrons. The average Bonchev–Trinajstić information content (AvgIpc) is 2.97. The van der Waals surface area contributed by atoms with Crippen molar-refractivity contribution in [3.05, 3.63) is 29.8 Å². The highest BCUT2D eigenvalue weighted by atomic mass is 32.2. The molecule has 2 rings (SSSR count). The molecule has 1 aromatic rings. The molecule has 1 heterocycles. The van der Waals surface area contributed by atoms with Crippen LogP contribution in [0.5, 0.6) is 0 Å². The summed E-state index contributed by atoms with van der Waals surface area (Å²) >= 11 is 0. The van der Waals surface area contributed by atoms with E-state index in [1.54, 1.807) is 19.1 Å². The molecule has 0 saturated carbocycles. The van der Waals surface area contributed by atoms with Crippen LogP contribution in [0.2, 0.25) is 0 Å². The van der Waals surface area contributed by atoms with Gasteiger partial charge in [-0.25, -0.2) is 13.1 Å². The zero-order valence-corrected chi connectivity index (χ0v) is 13.6. The summed E-state index contributed by atoms with van der Waals surface area (Å²) in [5.74, 6) is -0.681. The third-order valence-corrected chi connectivity index (χ3v) is 4.80. The standard InChI is InChI=1S/C15H21NO5S/c1-11-5-3-7-14(9-11)22(18,19)16-15(17)12(2)21-10-13-6-4-8-20-13/h3,5,7,9,12-13H,4,6,8,10H2,1-2H3,(H,16,17)/t12-,13-/m1/s1. The SMILES string of the molecule is Cc1cccc(S(=O)(=O)NC(=O)[C@@H](C)OC[C@H]2CCCO2)c1. The summed E-state index contributed by atoms with van der Waals surface area (Å²) in [5.41, 5.74) is 0.804. The van der Waals surface area contributed by atoms with Crippen LogP contribution < -0.4 is 4.72 Å². The van der Waals surface area contributed by atoms with Crippen molar-refractivity contribution in [3.8, 4) is 0 Å². The molecule has 22 heavy (non-hydrogen) atoms. The zero-order chi connectivity index (χ0) is 16.2. The minimum atomic E-state index is -3.88. The molecule has 0 aliphatic carbocycles. The van der Waals surface area contributed by atoms with E-state index in [9.17, 15) is 13.2 Å². The number of ether oxygens (including phenoxy) is 2. The molecular formula is C15H21NO5S. The van der Waals surface area contributed by atoms with Crippen LogP contribution in [0.1, 0.15) is 25.3 Å². The number of rotatable bonds is 6. The Labute approximate surface area is 130 Å². The van der Waals surface area contributed by atoms with Gasteiger partial charge in [-0.2, -0.15) is 0 Å². The average molecular weight is 327 g/mol. The highest BCUT2D eigenvalue weighted by molar-refractivity contribution is 7.90. The Morgan fingerprint density at radius 2 is 2.27 bits per heavy atom. The van der Waals surface area contributed by atoms with Crippen LogP contribution in [0, 0.1) is 6.92 Å². The molecule has 2 atom stereocenters. The summed E-state index contributed by atoms with van der Waals surface area (Å²) in [5, 5.41) is 0. The predicted octanol–water partition coefficient (Wildman–Crippen LogP) is 1.38. The zero-order valence-electron chi connectivity index (χ0n) is 12.7. The summed E-state index contributed by atoms with van der Waals surface area (Å²) in [6.45, 7) is 4.31. The van der Waals surface area contributed by atoms with Gasteiger partial charge in [0.25, 0.3) is 15.9 Å². The van der Waals surface area contributed by atoms with Gasteiger partial charge < -0.3 is 9.47 Å². The number of hydrogen-bond donors (Lipinski definition) is 1. The van der Waals surface area contributed by atoms with Crippen molar-refractivity contribution in [1.29, 1.82) is 0 Å². The van der Waals surface area contributed by atoms with E-state index in [0.29, 0.717) is 13.2 Å². The van der Waals surface area contributed by atoms with Crippen LogP contribution in [0.25, 0.3) is 0 Å². The number of carbonyl (C=O) groups is 1. The molecule has 7 heteroatoms. The molecule has 0 aromatic heterocycles. The number of hydrogen-bond acceptors (Lipinski definition) is 5. The van der Waals surface area contributed by atoms with Crippen LogP contribution in [0.4, 0.5) is 0 Å². The van der Waals surface area contributed by atoms with Gasteiger partial charge in [0.1, 0.15) is 6.10 Å². The van der Waals surface area contributed by atoms with Crippen LogP contribution in [-0.4, -0.2) is 39.7 Å². The minimum Gasteiger partial charge on any atom is -0.376 e. The topological polar surface area (TPSA) is 81.7 Å². The van der Waals surface area contributed by atoms with Crippen molar-refractivity contribution in [2.75, 3.05) is 13.2 Å². The van der Waals surface area contributed by atoms with E-state index in [0.717, 1.165) is 18.4 Å². The lowest BCUT2D eigenvalue weighted by Crippen LogP contribution is -2.39. The Morgan fingerprint density at radius 3 is 2.91 bits per heavy atom. The molecule has 0 unspecified atom stereocenters. The normalized spacial score (nSPS) is 19.8. The molecule has 1 aliphatic rings. The van der Waals surface area contributed by atoms with Gasteiger partial charge in [0.15, 0.2) is 0 Å². The molecule has 1 N–H and O–H groups in total. The second-order valence-corrected chi connectivity index (χ2v) is 7.08. The van der Waals surface area contributed by atoms with Crippen molar-refractivity contribution < 1.29 is 22.7 Å². The van der Waals surface area contributed by atoms with Gasteiger partial charge in [-0.05, 0) is 44.4 Å². The molecule has 0 bridgehead atoms. The summed E-state index contributed by atoms with van der Waals surface area (Å²) in [6, 6.07) is 6.37. The van der Waals surface area contributed by atoms with E-state index >= 15 is 0 Å². The number of amides is 1.